The zero-order valence-electron chi connectivity index (χ0n) is 11.1. The van der Waals surface area contributed by atoms with Gasteiger partial charge in [0.15, 0.2) is 0 Å². The van der Waals surface area contributed by atoms with Gasteiger partial charge in [-0.15, -0.1) is 12.3 Å². The van der Waals surface area contributed by atoms with E-state index in [0.29, 0.717) is 11.8 Å². The standard InChI is InChI=1S/C13H13N3O5/c1-3-4-10(21-13(15)18)11-7(2)5-9(17)8(6-14)12(11)16(19)20/h1,5-6,10,14,17H,4H2,2H3,(H2,15,18). The Morgan fingerprint density at radius 3 is 2.81 bits per heavy atom. The quantitative estimate of drug-likeness (QED) is 0.328. The van der Waals surface area contributed by atoms with Crippen molar-refractivity contribution in [1.82, 2.24) is 0 Å². The lowest BCUT2D eigenvalue weighted by molar-refractivity contribution is -0.386. The van der Waals surface area contributed by atoms with Gasteiger partial charge in [0.25, 0.3) is 5.69 Å². The third kappa shape index (κ3) is 3.27. The lowest BCUT2D eigenvalue weighted by Gasteiger charge is -2.18. The van der Waals surface area contributed by atoms with E-state index in [0.717, 1.165) is 0 Å². The Labute approximate surface area is 120 Å². The Bertz CT molecular complexity index is 648. The molecular formula is C13H13N3O5. The molecule has 0 aliphatic heterocycles. The highest BCUT2D eigenvalue weighted by molar-refractivity contribution is 5.88. The van der Waals surface area contributed by atoms with Crippen LogP contribution < -0.4 is 5.73 Å². The average molecular weight is 291 g/mol. The Hall–Kier alpha value is -3.08. The lowest BCUT2D eigenvalue weighted by Crippen LogP contribution is -2.19. The predicted octanol–water partition coefficient (Wildman–Crippen LogP) is 1.77. The molecule has 0 saturated carbocycles. The molecule has 0 radical (unpaired) electrons. The van der Waals surface area contributed by atoms with E-state index in [1.165, 1.54) is 13.0 Å². The Morgan fingerprint density at radius 2 is 2.38 bits per heavy atom. The van der Waals surface area contributed by atoms with E-state index in [4.69, 9.17) is 22.3 Å². The highest BCUT2D eigenvalue weighted by Crippen LogP contribution is 2.38. The molecule has 1 aromatic rings. The molecular weight excluding hydrogens is 278 g/mol. The number of terminal acetylenes is 1. The summed E-state index contributed by atoms with van der Waals surface area (Å²) in [5.41, 5.74) is 4.42. The number of nitro benzene ring substituents is 1. The highest BCUT2D eigenvalue weighted by Gasteiger charge is 2.31. The molecule has 0 heterocycles. The molecule has 0 bridgehead atoms. The number of aromatic hydroxyl groups is 1. The highest BCUT2D eigenvalue weighted by atomic mass is 16.6. The fraction of sp³-hybridized carbons (Fsp3) is 0.231. The smallest absolute Gasteiger partial charge is 0.405 e. The maximum Gasteiger partial charge on any atom is 0.405 e. The van der Waals surface area contributed by atoms with Gasteiger partial charge in [0.2, 0.25) is 0 Å². The molecule has 0 aliphatic carbocycles. The van der Waals surface area contributed by atoms with Crippen LogP contribution in [0.3, 0.4) is 0 Å². The van der Waals surface area contributed by atoms with E-state index in [9.17, 15) is 20.0 Å². The first kappa shape index (κ1) is 16.0. The summed E-state index contributed by atoms with van der Waals surface area (Å²) in [6.45, 7) is 1.49. The molecule has 0 aliphatic rings. The minimum Gasteiger partial charge on any atom is -0.507 e. The maximum atomic E-state index is 11.3. The second kappa shape index (κ2) is 6.38. The normalized spacial score (nSPS) is 11.2. The van der Waals surface area contributed by atoms with Crippen molar-refractivity contribution in [2.75, 3.05) is 0 Å². The predicted molar refractivity (Wildman–Crippen MR) is 74.2 cm³/mol. The summed E-state index contributed by atoms with van der Waals surface area (Å²) >= 11 is 0. The SMILES string of the molecule is C#CCC(OC(N)=O)c1c(C)cc(O)c(C=N)c1[N+](=O)[O-]. The first-order valence-electron chi connectivity index (χ1n) is 5.74. The third-order valence-electron chi connectivity index (χ3n) is 2.77. The van der Waals surface area contributed by atoms with Gasteiger partial charge in [-0.05, 0) is 18.6 Å². The van der Waals surface area contributed by atoms with Gasteiger partial charge in [-0.2, -0.15) is 0 Å². The van der Waals surface area contributed by atoms with Crippen molar-refractivity contribution in [3.05, 3.63) is 32.9 Å². The molecule has 4 N–H and O–H groups in total. The number of benzene rings is 1. The first-order valence-corrected chi connectivity index (χ1v) is 5.74. The van der Waals surface area contributed by atoms with Crippen LogP contribution in [0.1, 0.15) is 29.2 Å². The largest absolute Gasteiger partial charge is 0.507 e. The van der Waals surface area contributed by atoms with E-state index < -0.39 is 28.6 Å². The molecule has 8 nitrogen and oxygen atoms in total. The number of nitrogens with one attached hydrogen (secondary N) is 1. The van der Waals surface area contributed by atoms with Gasteiger partial charge in [-0.1, -0.05) is 0 Å². The zero-order valence-corrected chi connectivity index (χ0v) is 11.1. The molecule has 0 fully saturated rings. The summed E-state index contributed by atoms with van der Waals surface area (Å²) in [6, 6.07) is 1.23. The van der Waals surface area contributed by atoms with Crippen molar-refractivity contribution >= 4 is 18.0 Å². The van der Waals surface area contributed by atoms with Crippen molar-refractivity contribution in [1.29, 1.82) is 5.41 Å². The second-order valence-corrected chi connectivity index (χ2v) is 4.12. The summed E-state index contributed by atoms with van der Waals surface area (Å²) < 4.78 is 4.82. The molecule has 1 unspecified atom stereocenters. The molecule has 0 aromatic heterocycles. The Balaban J connectivity index is 3.65. The second-order valence-electron chi connectivity index (χ2n) is 4.12. The third-order valence-corrected chi connectivity index (χ3v) is 2.77. The van der Waals surface area contributed by atoms with Gasteiger partial charge in [0.05, 0.1) is 16.9 Å². The number of aryl methyl sites for hydroxylation is 1. The number of rotatable bonds is 5. The van der Waals surface area contributed by atoms with Crippen molar-refractivity contribution in [2.45, 2.75) is 19.4 Å². The zero-order chi connectivity index (χ0) is 16.2. The number of amides is 1. The number of hydrogen-bond donors (Lipinski definition) is 3. The summed E-state index contributed by atoms with van der Waals surface area (Å²) in [5.74, 6) is 1.82. The summed E-state index contributed by atoms with van der Waals surface area (Å²) in [5, 5.41) is 28.2. The van der Waals surface area contributed by atoms with Gasteiger partial charge in [0.1, 0.15) is 17.4 Å². The number of nitrogens with zero attached hydrogens (tertiary/aromatic N) is 1. The van der Waals surface area contributed by atoms with Gasteiger partial charge < -0.3 is 21.0 Å². The number of primary amides is 1. The number of ether oxygens (including phenoxy) is 1. The summed E-state index contributed by atoms with van der Waals surface area (Å²) in [4.78, 5) is 21.4. The van der Waals surface area contributed by atoms with E-state index in [1.54, 1.807) is 0 Å². The fourth-order valence-electron chi connectivity index (χ4n) is 2.01. The number of nitrogens with two attached hydrogens (primary N) is 1. The minimum absolute atomic E-state index is 0.00745. The molecule has 1 amide bonds. The number of phenolic OH excluding ortho intramolecular Hbond substituents is 1. The summed E-state index contributed by atoms with van der Waals surface area (Å²) in [6.07, 6.45) is 3.42. The minimum atomic E-state index is -1.13. The van der Waals surface area contributed by atoms with E-state index >= 15 is 0 Å². The van der Waals surface area contributed by atoms with Crippen molar-refractivity contribution in [3.8, 4) is 18.1 Å². The van der Waals surface area contributed by atoms with E-state index in [-0.39, 0.29) is 17.5 Å². The van der Waals surface area contributed by atoms with Crippen LogP contribution in [0, 0.1) is 34.8 Å². The maximum absolute atomic E-state index is 11.3. The molecule has 8 heteroatoms. The van der Waals surface area contributed by atoms with Gasteiger partial charge in [0, 0.05) is 6.21 Å². The average Bonchev–Trinajstić information content (AvgIpc) is 2.36. The van der Waals surface area contributed by atoms with Crippen LogP contribution in [-0.4, -0.2) is 22.3 Å². The van der Waals surface area contributed by atoms with Crippen LogP contribution in [0.25, 0.3) is 0 Å². The van der Waals surface area contributed by atoms with Gasteiger partial charge in [-0.3, -0.25) is 10.1 Å². The first-order chi connectivity index (χ1) is 9.83. The fourth-order valence-corrected chi connectivity index (χ4v) is 2.01. The van der Waals surface area contributed by atoms with Crippen LogP contribution in [0.4, 0.5) is 10.5 Å². The van der Waals surface area contributed by atoms with Crippen LogP contribution in [0.15, 0.2) is 6.07 Å². The van der Waals surface area contributed by atoms with Crippen molar-refractivity contribution in [3.63, 3.8) is 0 Å². The Morgan fingerprint density at radius 1 is 1.76 bits per heavy atom. The number of carbonyl (C=O) groups is 1. The van der Waals surface area contributed by atoms with Gasteiger partial charge in [-0.25, -0.2) is 4.79 Å². The number of phenols is 1. The van der Waals surface area contributed by atoms with E-state index in [1.807, 2.05) is 0 Å². The van der Waals surface area contributed by atoms with Crippen molar-refractivity contribution in [2.24, 2.45) is 5.73 Å². The molecule has 1 atom stereocenters. The lowest BCUT2D eigenvalue weighted by atomic mass is 9.95. The van der Waals surface area contributed by atoms with Crippen LogP contribution in [0.2, 0.25) is 0 Å². The molecule has 1 aromatic carbocycles. The molecule has 110 valence electrons. The number of carbonyl (C=O) groups excluding carboxylic acids is 1. The molecule has 1 rings (SSSR count). The summed E-state index contributed by atoms with van der Waals surface area (Å²) in [7, 11) is 0. The Kier molecular flexibility index (Phi) is 4.86. The van der Waals surface area contributed by atoms with Gasteiger partial charge >= 0.3 is 6.09 Å². The number of hydrogen-bond acceptors (Lipinski definition) is 6. The molecule has 21 heavy (non-hydrogen) atoms. The number of nitro groups is 1. The monoisotopic (exact) mass is 291 g/mol. The van der Waals surface area contributed by atoms with Crippen LogP contribution in [0.5, 0.6) is 5.75 Å². The van der Waals surface area contributed by atoms with Crippen LogP contribution in [-0.2, 0) is 4.74 Å². The van der Waals surface area contributed by atoms with Crippen LogP contribution >= 0.6 is 0 Å². The molecule has 0 spiro atoms. The van der Waals surface area contributed by atoms with E-state index in [2.05, 4.69) is 5.92 Å². The topological polar surface area (TPSA) is 140 Å². The molecule has 0 saturated heterocycles. The van der Waals surface area contributed by atoms with Crippen molar-refractivity contribution < 1.29 is 19.6 Å².